The van der Waals surface area contributed by atoms with Gasteiger partial charge in [0.15, 0.2) is 11.9 Å². The molecule has 1 saturated heterocycles. The lowest BCUT2D eigenvalue weighted by Crippen LogP contribution is -2.49. The van der Waals surface area contributed by atoms with Crippen molar-refractivity contribution >= 4 is 17.6 Å². The Bertz CT molecular complexity index is 713. The number of aromatic nitrogens is 1. The summed E-state index contributed by atoms with van der Waals surface area (Å²) in [6, 6.07) is 1.90. The molecule has 7 nitrogen and oxygen atoms in total. The first kappa shape index (κ1) is 21.7. The molecule has 0 unspecified atom stereocenters. The number of hydrogen-bond acceptors (Lipinski definition) is 5. The summed E-state index contributed by atoms with van der Waals surface area (Å²) in [6.07, 6.45) is 6.78. The SMILES string of the molecule is C=CN(C)[C@@H](CCCC)CC(=O)NC(=O)[C@@H]1CCCN1c1ccc(F)c[n+]1[O-]. The third-order valence-electron chi connectivity index (χ3n) is 5.15. The monoisotopic (exact) mass is 392 g/mol. The van der Waals surface area contributed by atoms with Gasteiger partial charge in [-0.05, 0) is 25.1 Å². The Kier molecular flexibility index (Phi) is 7.78. The average Bonchev–Trinajstić information content (AvgIpc) is 3.14. The van der Waals surface area contributed by atoms with E-state index in [4.69, 9.17) is 0 Å². The number of nitrogens with one attached hydrogen (secondary N) is 1. The highest BCUT2D eigenvalue weighted by molar-refractivity contribution is 5.99. The fraction of sp³-hybridized carbons (Fsp3) is 0.550. The number of imide groups is 1. The Labute approximate surface area is 165 Å². The van der Waals surface area contributed by atoms with E-state index in [0.717, 1.165) is 25.5 Å². The van der Waals surface area contributed by atoms with Crippen LogP contribution in [0.3, 0.4) is 0 Å². The van der Waals surface area contributed by atoms with Gasteiger partial charge in [0.2, 0.25) is 5.91 Å². The molecule has 8 heteroatoms. The van der Waals surface area contributed by atoms with Crippen molar-refractivity contribution in [2.45, 2.75) is 57.5 Å². The third-order valence-corrected chi connectivity index (χ3v) is 5.15. The molecule has 1 aliphatic heterocycles. The Hall–Kier alpha value is -2.64. The van der Waals surface area contributed by atoms with E-state index in [1.165, 1.54) is 12.1 Å². The van der Waals surface area contributed by atoms with Gasteiger partial charge in [0, 0.05) is 32.0 Å². The third kappa shape index (κ3) is 5.43. The number of halogens is 1. The van der Waals surface area contributed by atoms with Crippen LogP contribution >= 0.6 is 0 Å². The maximum atomic E-state index is 13.2. The molecule has 0 aromatic carbocycles. The van der Waals surface area contributed by atoms with Crippen molar-refractivity contribution in [3.8, 4) is 0 Å². The number of hydrogen-bond donors (Lipinski definition) is 1. The van der Waals surface area contributed by atoms with Crippen molar-refractivity contribution in [3.05, 3.63) is 42.1 Å². The molecule has 1 aromatic heterocycles. The van der Waals surface area contributed by atoms with Gasteiger partial charge in [0.25, 0.3) is 11.7 Å². The zero-order valence-corrected chi connectivity index (χ0v) is 16.6. The molecule has 1 N–H and O–H groups in total. The number of pyridine rings is 1. The second kappa shape index (κ2) is 10.1. The summed E-state index contributed by atoms with van der Waals surface area (Å²) in [6.45, 7) is 6.32. The zero-order valence-electron chi connectivity index (χ0n) is 16.6. The van der Waals surface area contributed by atoms with Crippen LogP contribution in [0.15, 0.2) is 31.1 Å². The summed E-state index contributed by atoms with van der Waals surface area (Å²) >= 11 is 0. The highest BCUT2D eigenvalue weighted by Crippen LogP contribution is 2.23. The molecule has 2 amide bonds. The van der Waals surface area contributed by atoms with E-state index in [-0.39, 0.29) is 24.2 Å². The summed E-state index contributed by atoms with van der Waals surface area (Å²) in [7, 11) is 1.86. The first-order chi connectivity index (χ1) is 13.4. The standard InChI is InChI=1S/C20H29FN4O3/c1-4-6-8-16(23(3)5-2)13-18(26)22-20(27)17-9-7-12-24(17)19-11-10-15(21)14-25(19)28/h5,10-11,14,16-17H,2,4,6-9,12-13H2,1,3H3,(H,22,26,27)/t16-,17-/m0/s1. The molecule has 0 radical (unpaired) electrons. The molecule has 1 aromatic rings. The molecule has 0 bridgehead atoms. The second-order valence-corrected chi connectivity index (χ2v) is 7.14. The summed E-state index contributed by atoms with van der Waals surface area (Å²) < 4.78 is 13.6. The van der Waals surface area contributed by atoms with E-state index in [1.54, 1.807) is 11.1 Å². The van der Waals surface area contributed by atoms with Gasteiger partial charge < -0.3 is 10.1 Å². The lowest BCUT2D eigenvalue weighted by molar-refractivity contribution is -0.594. The van der Waals surface area contributed by atoms with Crippen molar-refractivity contribution < 1.29 is 18.7 Å². The van der Waals surface area contributed by atoms with E-state index < -0.39 is 17.8 Å². The van der Waals surface area contributed by atoms with Gasteiger partial charge in [0.1, 0.15) is 6.20 Å². The van der Waals surface area contributed by atoms with Gasteiger partial charge >= 0.3 is 0 Å². The number of anilines is 1. The van der Waals surface area contributed by atoms with Crippen LogP contribution in [0.5, 0.6) is 0 Å². The predicted molar refractivity (Wildman–Crippen MR) is 105 cm³/mol. The first-order valence-corrected chi connectivity index (χ1v) is 9.70. The molecule has 0 saturated carbocycles. The van der Waals surface area contributed by atoms with Crippen LogP contribution in [-0.2, 0) is 9.59 Å². The summed E-state index contributed by atoms with van der Waals surface area (Å²) in [4.78, 5) is 28.6. The normalized spacial score (nSPS) is 17.2. The first-order valence-electron chi connectivity index (χ1n) is 9.70. The molecule has 28 heavy (non-hydrogen) atoms. The van der Waals surface area contributed by atoms with Crippen molar-refractivity contribution in [2.75, 3.05) is 18.5 Å². The van der Waals surface area contributed by atoms with E-state index in [0.29, 0.717) is 24.1 Å². The minimum absolute atomic E-state index is 0.0224. The van der Waals surface area contributed by atoms with Crippen molar-refractivity contribution in [3.63, 3.8) is 0 Å². The van der Waals surface area contributed by atoms with Crippen LogP contribution < -0.4 is 14.9 Å². The maximum absolute atomic E-state index is 13.2. The van der Waals surface area contributed by atoms with Gasteiger partial charge in [-0.15, -0.1) is 0 Å². The van der Waals surface area contributed by atoms with Gasteiger partial charge in [-0.2, -0.15) is 0 Å². The second-order valence-electron chi connectivity index (χ2n) is 7.14. The quantitative estimate of drug-likeness (QED) is 0.514. The van der Waals surface area contributed by atoms with Gasteiger partial charge in [-0.1, -0.05) is 26.3 Å². The molecule has 154 valence electrons. The summed E-state index contributed by atoms with van der Waals surface area (Å²) in [5, 5.41) is 14.5. The van der Waals surface area contributed by atoms with Crippen LogP contribution in [0.4, 0.5) is 10.2 Å². The highest BCUT2D eigenvalue weighted by atomic mass is 19.1. The molecule has 1 fully saturated rings. The fourth-order valence-corrected chi connectivity index (χ4v) is 3.51. The van der Waals surface area contributed by atoms with Crippen LogP contribution in [0.2, 0.25) is 0 Å². The van der Waals surface area contributed by atoms with Crippen molar-refractivity contribution in [1.29, 1.82) is 0 Å². The lowest BCUT2D eigenvalue weighted by atomic mass is 10.0. The maximum Gasteiger partial charge on any atom is 0.280 e. The van der Waals surface area contributed by atoms with Crippen LogP contribution in [0.1, 0.15) is 45.4 Å². The van der Waals surface area contributed by atoms with Crippen LogP contribution in [-0.4, -0.2) is 42.4 Å². The Morgan fingerprint density at radius 2 is 2.29 bits per heavy atom. The molecule has 2 rings (SSSR count). The largest absolute Gasteiger partial charge is 0.711 e. The molecular formula is C20H29FN4O3. The molecule has 0 aliphatic carbocycles. The smallest absolute Gasteiger partial charge is 0.280 e. The molecule has 2 atom stereocenters. The highest BCUT2D eigenvalue weighted by Gasteiger charge is 2.38. The van der Waals surface area contributed by atoms with Crippen LogP contribution in [0.25, 0.3) is 0 Å². The number of unbranched alkanes of at least 4 members (excludes halogenated alkanes) is 1. The van der Waals surface area contributed by atoms with Crippen molar-refractivity contribution in [2.24, 2.45) is 0 Å². The molecule has 2 heterocycles. The topological polar surface area (TPSA) is 79.6 Å². The lowest BCUT2D eigenvalue weighted by Gasteiger charge is -2.26. The number of amides is 2. The van der Waals surface area contributed by atoms with Crippen molar-refractivity contribution in [1.82, 2.24) is 10.2 Å². The number of carbonyl (C=O) groups excluding carboxylic acids is 2. The fourth-order valence-electron chi connectivity index (χ4n) is 3.51. The molecule has 0 spiro atoms. The number of nitrogens with zero attached hydrogens (tertiary/aromatic N) is 3. The minimum Gasteiger partial charge on any atom is -0.711 e. The van der Waals surface area contributed by atoms with Gasteiger partial charge in [-0.3, -0.25) is 14.9 Å². The van der Waals surface area contributed by atoms with Crippen LogP contribution in [0, 0.1) is 11.0 Å². The van der Waals surface area contributed by atoms with E-state index in [1.807, 2.05) is 11.9 Å². The predicted octanol–water partition coefficient (Wildman–Crippen LogP) is 2.09. The van der Waals surface area contributed by atoms with E-state index in [9.17, 15) is 19.2 Å². The summed E-state index contributed by atoms with van der Waals surface area (Å²) in [5.74, 6) is -1.21. The van der Waals surface area contributed by atoms with Gasteiger partial charge in [-0.25, -0.2) is 14.0 Å². The van der Waals surface area contributed by atoms with Gasteiger partial charge in [0.05, 0.1) is 6.54 Å². The minimum atomic E-state index is -0.640. The average molecular weight is 392 g/mol. The number of rotatable bonds is 9. The number of carbonyl (C=O) groups is 2. The van der Waals surface area contributed by atoms with E-state index >= 15 is 0 Å². The Morgan fingerprint density at radius 3 is 2.93 bits per heavy atom. The Morgan fingerprint density at radius 1 is 1.54 bits per heavy atom. The summed E-state index contributed by atoms with van der Waals surface area (Å²) in [5.41, 5.74) is 0. The molecule has 1 aliphatic rings. The zero-order chi connectivity index (χ0) is 20.7. The molecular weight excluding hydrogens is 363 g/mol. The Balaban J connectivity index is 2.01. The van der Waals surface area contributed by atoms with E-state index in [2.05, 4.69) is 18.8 Å².